The van der Waals surface area contributed by atoms with Crippen molar-refractivity contribution < 1.29 is 17.4 Å². The summed E-state index contributed by atoms with van der Waals surface area (Å²) in [7, 11) is -4.20. The molecule has 0 aliphatic rings. The molecule has 0 aromatic heterocycles. The van der Waals surface area contributed by atoms with Crippen LogP contribution >= 0.6 is 0 Å². The minimum absolute atomic E-state index is 0.134. The molecule has 4 nitrogen and oxygen atoms in total. The first-order chi connectivity index (χ1) is 9.50. The van der Waals surface area contributed by atoms with Crippen molar-refractivity contribution in [2.24, 2.45) is 0 Å². The Morgan fingerprint density at radius 1 is 0.900 bits per heavy atom. The van der Waals surface area contributed by atoms with Crippen LogP contribution in [0.2, 0.25) is 0 Å². The molecule has 0 spiro atoms. The predicted molar refractivity (Wildman–Crippen MR) is 75.9 cm³/mol. The smallest absolute Gasteiger partial charge is 0.342 e. The first-order valence-electron chi connectivity index (χ1n) is 5.79. The molecule has 0 amide bonds. The lowest BCUT2D eigenvalue weighted by Gasteiger charge is -2.08. The van der Waals surface area contributed by atoms with Crippen molar-refractivity contribution in [1.82, 2.24) is 0 Å². The first-order valence-corrected chi connectivity index (χ1v) is 7.20. The fraction of sp³-hybridized carbons (Fsp3) is 0. The molecule has 20 heavy (non-hydrogen) atoms. The van der Waals surface area contributed by atoms with Gasteiger partial charge in [0.1, 0.15) is 10.7 Å². The second kappa shape index (κ2) is 5.71. The van der Waals surface area contributed by atoms with Crippen LogP contribution in [-0.2, 0) is 10.1 Å². The van der Waals surface area contributed by atoms with E-state index in [0.717, 1.165) is 0 Å². The molecular weight excluding hydrogens is 276 g/mol. The maximum atomic E-state index is 12.0. The number of carbonyl (C=O) groups is 1. The summed E-state index contributed by atoms with van der Waals surface area (Å²) in [4.78, 5) is 11.4. The molecule has 0 N–H and O–H groups in total. The van der Waals surface area contributed by atoms with Gasteiger partial charge >= 0.3 is 10.1 Å². The second-order valence-corrected chi connectivity index (χ2v) is 5.54. The highest BCUT2D eigenvalue weighted by molar-refractivity contribution is 7.92. The lowest BCUT2D eigenvalue weighted by Crippen LogP contribution is -2.18. The molecule has 0 bridgehead atoms. The van der Waals surface area contributed by atoms with E-state index in [2.05, 4.69) is 6.58 Å². The number of hydrogen-bond donors (Lipinski definition) is 0. The van der Waals surface area contributed by atoms with Crippen molar-refractivity contribution in [2.45, 2.75) is 0 Å². The Labute approximate surface area is 117 Å². The predicted octanol–water partition coefficient (Wildman–Crippen LogP) is 2.79. The third-order valence-corrected chi connectivity index (χ3v) is 3.74. The van der Waals surface area contributed by atoms with Crippen LogP contribution in [0.3, 0.4) is 0 Å². The maximum Gasteiger partial charge on any atom is 0.342 e. The number of benzene rings is 2. The van der Waals surface area contributed by atoms with Crippen molar-refractivity contribution in [3.05, 3.63) is 77.7 Å². The van der Waals surface area contributed by atoms with Gasteiger partial charge in [0, 0.05) is 5.56 Å². The van der Waals surface area contributed by atoms with Gasteiger partial charge in [0.2, 0.25) is 5.78 Å². The molecule has 0 saturated carbocycles. The fourth-order valence-electron chi connectivity index (χ4n) is 1.52. The quantitative estimate of drug-likeness (QED) is 0.482. The summed E-state index contributed by atoms with van der Waals surface area (Å²) in [5.74, 6) is -0.545. The van der Waals surface area contributed by atoms with Gasteiger partial charge in [-0.1, -0.05) is 55.1 Å². The Hall–Kier alpha value is -2.40. The van der Waals surface area contributed by atoms with Gasteiger partial charge in [0.05, 0.1) is 0 Å². The maximum absolute atomic E-state index is 12.0. The van der Waals surface area contributed by atoms with Crippen LogP contribution in [0.1, 0.15) is 10.4 Å². The van der Waals surface area contributed by atoms with Crippen LogP contribution in [0.25, 0.3) is 0 Å². The average Bonchev–Trinajstić information content (AvgIpc) is 2.47. The van der Waals surface area contributed by atoms with Crippen LogP contribution < -0.4 is 4.18 Å². The van der Waals surface area contributed by atoms with Gasteiger partial charge in [-0.05, 0) is 12.1 Å². The number of ketones is 1. The van der Waals surface area contributed by atoms with Gasteiger partial charge in [0.15, 0.2) is 0 Å². The standard InChI is InChI=1S/C15H12O4S/c1-12(15(16)13-8-4-2-5-9-13)20(17,18)19-14-10-6-3-7-11-14/h2-11H,1H2. The molecule has 5 heteroatoms. The zero-order chi connectivity index (χ0) is 14.6. The number of hydrogen-bond acceptors (Lipinski definition) is 4. The van der Waals surface area contributed by atoms with E-state index in [1.807, 2.05) is 0 Å². The molecule has 0 aliphatic heterocycles. The molecule has 2 aromatic carbocycles. The minimum Gasteiger partial charge on any atom is -0.379 e. The van der Waals surface area contributed by atoms with Gasteiger partial charge in [-0.25, -0.2) is 0 Å². The molecule has 0 unspecified atom stereocenters. The fourth-order valence-corrected chi connectivity index (χ4v) is 2.33. The third kappa shape index (κ3) is 3.13. The number of rotatable bonds is 5. The van der Waals surface area contributed by atoms with E-state index in [1.54, 1.807) is 36.4 Å². The highest BCUT2D eigenvalue weighted by atomic mass is 32.2. The van der Waals surface area contributed by atoms with Crippen LogP contribution in [-0.4, -0.2) is 14.2 Å². The van der Waals surface area contributed by atoms with E-state index in [0.29, 0.717) is 0 Å². The van der Waals surface area contributed by atoms with Crippen LogP contribution in [0.5, 0.6) is 5.75 Å². The lowest BCUT2D eigenvalue weighted by atomic mass is 10.1. The molecule has 0 aliphatic carbocycles. The first kappa shape index (κ1) is 14.0. The Balaban J connectivity index is 2.22. The molecule has 0 heterocycles. The second-order valence-electron chi connectivity index (χ2n) is 3.97. The van der Waals surface area contributed by atoms with Gasteiger partial charge in [0.25, 0.3) is 0 Å². The summed E-state index contributed by atoms with van der Waals surface area (Å²) < 4.78 is 28.8. The third-order valence-electron chi connectivity index (χ3n) is 2.54. The molecule has 102 valence electrons. The molecule has 2 rings (SSSR count). The Morgan fingerprint density at radius 3 is 1.95 bits per heavy atom. The molecule has 0 radical (unpaired) electrons. The Bertz CT molecular complexity index is 719. The van der Waals surface area contributed by atoms with Gasteiger partial charge in [-0.2, -0.15) is 8.42 Å². The Kier molecular flexibility index (Phi) is 4.00. The largest absolute Gasteiger partial charge is 0.379 e. The van der Waals surface area contributed by atoms with Crippen LogP contribution in [0.15, 0.2) is 72.1 Å². The van der Waals surface area contributed by atoms with Crippen molar-refractivity contribution in [3.63, 3.8) is 0 Å². The van der Waals surface area contributed by atoms with Crippen molar-refractivity contribution in [1.29, 1.82) is 0 Å². The molecule has 0 atom stereocenters. The molecule has 0 saturated heterocycles. The molecule has 0 fully saturated rings. The van der Waals surface area contributed by atoms with E-state index in [9.17, 15) is 13.2 Å². The highest BCUT2D eigenvalue weighted by Gasteiger charge is 2.25. The Morgan fingerprint density at radius 2 is 1.40 bits per heavy atom. The normalized spacial score (nSPS) is 10.8. The van der Waals surface area contributed by atoms with Gasteiger partial charge in [-0.15, -0.1) is 0 Å². The van der Waals surface area contributed by atoms with E-state index in [4.69, 9.17) is 4.18 Å². The number of para-hydroxylation sites is 1. The van der Waals surface area contributed by atoms with Crippen LogP contribution in [0.4, 0.5) is 0 Å². The summed E-state index contributed by atoms with van der Waals surface area (Å²) in [5, 5.41) is 0. The van der Waals surface area contributed by atoms with Crippen molar-refractivity contribution >= 4 is 15.9 Å². The zero-order valence-corrected chi connectivity index (χ0v) is 11.3. The summed E-state index contributed by atoms with van der Waals surface area (Å²) in [6.45, 7) is 3.34. The topological polar surface area (TPSA) is 60.4 Å². The average molecular weight is 288 g/mol. The summed E-state index contributed by atoms with van der Waals surface area (Å²) in [5.41, 5.74) is 0.248. The lowest BCUT2D eigenvalue weighted by molar-refractivity contribution is 0.104. The SMILES string of the molecule is C=C(C(=O)c1ccccc1)S(=O)(=O)Oc1ccccc1. The van der Waals surface area contributed by atoms with E-state index in [-0.39, 0.29) is 11.3 Å². The van der Waals surface area contributed by atoms with Gasteiger partial charge < -0.3 is 4.18 Å². The molecule has 2 aromatic rings. The summed E-state index contributed by atoms with van der Waals surface area (Å²) in [6, 6.07) is 16.0. The number of carbonyl (C=O) groups excluding carboxylic acids is 1. The highest BCUT2D eigenvalue weighted by Crippen LogP contribution is 2.18. The van der Waals surface area contributed by atoms with E-state index in [1.165, 1.54) is 24.3 Å². The van der Waals surface area contributed by atoms with Crippen LogP contribution in [0, 0.1) is 0 Å². The monoisotopic (exact) mass is 288 g/mol. The summed E-state index contributed by atoms with van der Waals surface area (Å²) >= 11 is 0. The van der Waals surface area contributed by atoms with Crippen molar-refractivity contribution in [3.8, 4) is 5.75 Å². The number of allylic oxidation sites excluding steroid dienone is 1. The zero-order valence-electron chi connectivity index (χ0n) is 10.5. The summed E-state index contributed by atoms with van der Waals surface area (Å²) in [6.07, 6.45) is 0. The molecular formula is C15H12O4S. The van der Waals surface area contributed by atoms with E-state index >= 15 is 0 Å². The van der Waals surface area contributed by atoms with E-state index < -0.39 is 20.8 Å². The number of Topliss-reactive ketones (excluding diaryl/α,β-unsaturated/α-hetero) is 1. The van der Waals surface area contributed by atoms with Gasteiger partial charge in [-0.3, -0.25) is 4.79 Å². The minimum atomic E-state index is -4.20. The van der Waals surface area contributed by atoms with Crippen molar-refractivity contribution in [2.75, 3.05) is 0 Å².